The van der Waals surface area contributed by atoms with Gasteiger partial charge in [-0.25, -0.2) is 0 Å². The summed E-state index contributed by atoms with van der Waals surface area (Å²) in [4.78, 5) is 32.0. The molecule has 16 atom stereocenters. The smallest absolute Gasteiger partial charge is 0.160 e. The molecular weight excluding hydrogens is 959 g/mol. The highest BCUT2D eigenvalue weighted by atomic mass is 16.5. The van der Waals surface area contributed by atoms with Crippen molar-refractivity contribution in [3.63, 3.8) is 0 Å². The number of hydrogen-bond acceptors (Lipinski definition) is 13. The second kappa shape index (κ2) is 21.7. The fourth-order valence-electron chi connectivity index (χ4n) is 16.3. The number of ketones is 2. The van der Waals surface area contributed by atoms with Crippen LogP contribution in [-0.2, 0) is 16.0 Å². The molecule has 76 heavy (non-hydrogen) atoms. The summed E-state index contributed by atoms with van der Waals surface area (Å²) >= 11 is 0. The Bertz CT molecular complexity index is 2940. The first kappa shape index (κ1) is 52.5. The van der Waals surface area contributed by atoms with Gasteiger partial charge in [0, 0.05) is 61.5 Å². The van der Waals surface area contributed by atoms with Crippen LogP contribution in [0.1, 0.15) is 123 Å². The van der Waals surface area contributed by atoms with Crippen molar-refractivity contribution >= 4 is 22.3 Å². The van der Waals surface area contributed by atoms with E-state index in [1.807, 2.05) is 24.4 Å². The monoisotopic (exact) mass is 1040 g/mol. The van der Waals surface area contributed by atoms with Crippen molar-refractivity contribution in [3.05, 3.63) is 118 Å². The molecule has 404 valence electrons. The van der Waals surface area contributed by atoms with Gasteiger partial charge in [0.05, 0.1) is 31.2 Å². The van der Waals surface area contributed by atoms with E-state index in [1.165, 1.54) is 18.4 Å². The molecule has 0 radical (unpaired) electrons. The lowest BCUT2D eigenvalue weighted by Crippen LogP contribution is -2.65. The predicted octanol–water partition coefficient (Wildman–Crippen LogP) is 5.87. The molecule has 0 amide bonds. The predicted molar refractivity (Wildman–Crippen MR) is 290 cm³/mol. The van der Waals surface area contributed by atoms with Crippen molar-refractivity contribution in [1.82, 2.24) is 20.9 Å². The number of nitrogens with two attached hydrogens (primary N) is 1. The van der Waals surface area contributed by atoms with Gasteiger partial charge in [-0.15, -0.1) is 0 Å². The molecular formula is C62H77N5O9. The number of methoxy groups -OCH3 is 1. The molecule has 3 heterocycles. The van der Waals surface area contributed by atoms with Crippen molar-refractivity contribution in [2.45, 2.75) is 132 Å². The van der Waals surface area contributed by atoms with Gasteiger partial charge in [0.2, 0.25) is 0 Å². The Labute approximate surface area is 446 Å². The molecule has 11 rings (SSSR count). The maximum absolute atomic E-state index is 15.0. The number of aryl methyl sites for hydroxylation is 1. The maximum Gasteiger partial charge on any atom is 0.160 e. The minimum Gasteiger partial charge on any atom is -0.504 e. The largest absolute Gasteiger partial charge is 0.504 e. The van der Waals surface area contributed by atoms with Gasteiger partial charge in [-0.3, -0.25) is 9.59 Å². The molecule has 14 heteroatoms. The van der Waals surface area contributed by atoms with Gasteiger partial charge in [0.1, 0.15) is 11.2 Å². The number of piperidine rings is 1. The average molecular weight is 1040 g/mol. The number of aromatic hydroxyl groups is 1. The van der Waals surface area contributed by atoms with E-state index >= 15 is 4.79 Å². The zero-order chi connectivity index (χ0) is 53.0. The van der Waals surface area contributed by atoms with Crippen LogP contribution >= 0.6 is 0 Å². The second-order valence-electron chi connectivity index (χ2n) is 23.5. The van der Waals surface area contributed by atoms with Crippen LogP contribution in [0, 0.1) is 58.7 Å². The standard InChI is InChI=1S/C62H77N5O9/c1-3-64-31-47-57(41(11-13-56(74)75)46-32-67-48-28-40(68)27-45-42-17-21-66-61(42)60(47)59(46)58(45)48)39-15-19-62(54(73)25-39)18-14-37(44-30-51(71)52(76-2)24-36(44)10-12-53(62)72)23-49(69)50(70)29-43(38-16-20-65-55(63)26-38)35-9-8-33-6-4-5-7-34(33)22-35/h4-9,16-17,21-22,24,26,30,37,39,41,43,45-50,54,56-60,64-67,69-71,73-75H,3,10-13,15,19-20,23,25,27-29,31-32,63H2,1-2H3/t37-,39+,41-,43+,45-,46+,47-,48-,49+,50-,54-,57+,58+,59+,60+,62-/m1/s1. The van der Waals surface area contributed by atoms with Crippen LogP contribution in [0.5, 0.6) is 11.5 Å². The molecule has 0 unspecified atom stereocenters. The van der Waals surface area contributed by atoms with Crippen LogP contribution in [0.2, 0.25) is 0 Å². The molecule has 3 aromatic carbocycles. The van der Waals surface area contributed by atoms with Gasteiger partial charge in [0.15, 0.2) is 23.6 Å². The van der Waals surface area contributed by atoms with E-state index in [1.54, 1.807) is 12.1 Å². The number of ether oxygens (including phenoxy) is 1. The van der Waals surface area contributed by atoms with Crippen LogP contribution in [0.4, 0.5) is 0 Å². The molecule has 3 saturated carbocycles. The van der Waals surface area contributed by atoms with Gasteiger partial charge >= 0.3 is 0 Å². The highest BCUT2D eigenvalue weighted by Crippen LogP contribution is 2.65. The number of aliphatic hydroxyl groups is 5. The van der Waals surface area contributed by atoms with Crippen LogP contribution in [0.25, 0.3) is 10.8 Å². The molecule has 12 N–H and O–H groups in total. The molecule has 7 aliphatic rings. The van der Waals surface area contributed by atoms with Gasteiger partial charge in [-0.1, -0.05) is 67.3 Å². The van der Waals surface area contributed by atoms with Gasteiger partial charge in [0.25, 0.3) is 0 Å². The first-order chi connectivity index (χ1) is 36.8. The van der Waals surface area contributed by atoms with Gasteiger partial charge in [-0.05, 0) is 181 Å². The number of Topliss-reactive ketones (excluding diaryl/α,β-unsaturated/α-hetero) is 2. The van der Waals surface area contributed by atoms with E-state index in [9.17, 15) is 35.4 Å². The molecule has 5 aliphatic carbocycles. The number of aromatic nitrogens is 1. The van der Waals surface area contributed by atoms with Crippen molar-refractivity contribution < 1.29 is 45.0 Å². The molecule has 1 spiro atoms. The number of nitrogens with one attached hydrogen (secondary N) is 4. The van der Waals surface area contributed by atoms with Gasteiger partial charge < -0.3 is 62.0 Å². The zero-order valence-corrected chi connectivity index (χ0v) is 43.8. The Morgan fingerprint density at radius 2 is 1.78 bits per heavy atom. The third-order valence-electron chi connectivity index (χ3n) is 19.6. The van der Waals surface area contributed by atoms with Crippen LogP contribution < -0.4 is 26.4 Å². The third-order valence-corrected chi connectivity index (χ3v) is 19.6. The number of phenolic OH excluding ortho intramolecular Hbond substituents is 1. The van der Waals surface area contributed by atoms with E-state index < -0.39 is 35.9 Å². The highest BCUT2D eigenvalue weighted by Gasteiger charge is 2.63. The SMILES string of the molecule is CCNC[C@H]1[C@@H]2c3[nH]ccc3[C@H]3CC(=O)C[C@H]4NC[C@@H]([C@@H](CCC(O)O)[C@@H]1[C@H]1CC[C@@]5(C#C[C@H](C[C@H](O)[C@H](O)C[C@H](C6=CCNC(N)=C6)c6ccc7ccccc7c6)c6cc(O)c(OC)cc6CCC5=O)[C@H](O)C1)[C@H]2[C@@H]34. The van der Waals surface area contributed by atoms with Crippen molar-refractivity contribution in [2.75, 3.05) is 33.3 Å². The molecule has 0 bridgehead atoms. The fourth-order valence-corrected chi connectivity index (χ4v) is 16.3. The Morgan fingerprint density at radius 3 is 2.55 bits per heavy atom. The number of dihydropyridines is 1. The number of aromatic amines is 1. The number of fused-ring (bicyclic) bond motifs is 5. The summed E-state index contributed by atoms with van der Waals surface area (Å²) in [7, 11) is 1.48. The number of H-pyrrole nitrogens is 1. The molecule has 2 aliphatic heterocycles. The Hall–Kier alpha value is -5.50. The minimum absolute atomic E-state index is 0.0128. The lowest BCUT2D eigenvalue weighted by atomic mass is 9.43. The van der Waals surface area contributed by atoms with Crippen molar-refractivity contribution in [2.24, 2.45) is 52.6 Å². The minimum atomic E-state index is -1.46. The van der Waals surface area contributed by atoms with E-state index in [0.29, 0.717) is 62.2 Å². The van der Waals surface area contributed by atoms with E-state index in [4.69, 9.17) is 10.5 Å². The third kappa shape index (κ3) is 9.69. The Kier molecular flexibility index (Phi) is 15.0. The number of carbonyl (C=O) groups excluding carboxylic acids is 2. The van der Waals surface area contributed by atoms with Crippen molar-refractivity contribution in [3.8, 4) is 23.3 Å². The fraction of sp³-hybridized carbons (Fsp3) is 0.548. The Morgan fingerprint density at radius 1 is 0.947 bits per heavy atom. The van der Waals surface area contributed by atoms with Gasteiger partial charge in [-0.2, -0.15) is 0 Å². The summed E-state index contributed by atoms with van der Waals surface area (Å²) in [6, 6.07) is 20.0. The topological polar surface area (TPSA) is 243 Å². The summed E-state index contributed by atoms with van der Waals surface area (Å²) < 4.78 is 5.56. The van der Waals surface area contributed by atoms with Crippen LogP contribution in [0.3, 0.4) is 0 Å². The molecule has 14 nitrogen and oxygen atoms in total. The summed E-state index contributed by atoms with van der Waals surface area (Å²) in [5.41, 5.74) is 10.6. The summed E-state index contributed by atoms with van der Waals surface area (Å²) in [6.07, 6.45) is 4.60. The normalized spacial score (nSPS) is 32.9. The highest BCUT2D eigenvalue weighted by molar-refractivity contribution is 5.89. The zero-order valence-electron chi connectivity index (χ0n) is 43.8. The first-order valence-electron chi connectivity index (χ1n) is 28.2. The lowest BCUT2D eigenvalue weighted by Gasteiger charge is -2.64. The number of rotatable bonds is 15. The quantitative estimate of drug-likeness (QED) is 0.0494. The average Bonchev–Trinajstić information content (AvgIpc) is 3.92. The lowest BCUT2D eigenvalue weighted by molar-refractivity contribution is -0.142. The van der Waals surface area contributed by atoms with E-state index in [0.717, 1.165) is 47.1 Å². The van der Waals surface area contributed by atoms with E-state index in [2.05, 4.69) is 82.2 Å². The van der Waals surface area contributed by atoms with E-state index in [-0.39, 0.29) is 115 Å². The van der Waals surface area contributed by atoms with Crippen molar-refractivity contribution in [1.29, 1.82) is 0 Å². The first-order valence-corrected chi connectivity index (χ1v) is 28.2. The second-order valence-corrected chi connectivity index (χ2v) is 23.5. The van der Waals surface area contributed by atoms with Crippen LogP contribution in [-0.4, -0.2) is 111 Å². The van der Waals surface area contributed by atoms with Crippen LogP contribution in [0.15, 0.2) is 90.4 Å². The molecule has 1 saturated heterocycles. The molecule has 1 aromatic heterocycles. The number of benzene rings is 3. The molecule has 4 aromatic rings. The molecule has 4 fully saturated rings. The number of aliphatic hydroxyl groups excluding tert-OH is 4. The Balaban J connectivity index is 0.917. The number of phenols is 1. The maximum atomic E-state index is 15.0. The number of hydrogen-bond donors (Lipinski definition) is 11. The summed E-state index contributed by atoms with van der Waals surface area (Å²) in [5, 5.41) is 82.2. The number of carbonyl (C=O) groups is 2. The number of allylic oxidation sites excluding steroid dienone is 2. The summed E-state index contributed by atoms with van der Waals surface area (Å²) in [5.74, 6) is 7.91. The summed E-state index contributed by atoms with van der Waals surface area (Å²) in [6.45, 7) is 4.89.